The van der Waals surface area contributed by atoms with Crippen LogP contribution in [0.1, 0.15) is 20.7 Å². The van der Waals surface area contributed by atoms with Gasteiger partial charge in [-0.1, -0.05) is 36.4 Å². The van der Waals surface area contributed by atoms with E-state index in [0.29, 0.717) is 11.1 Å². The van der Waals surface area contributed by atoms with Gasteiger partial charge in [0.25, 0.3) is 21.9 Å². The number of methoxy groups -OCH3 is 1. The molecule has 11 heteroatoms. The summed E-state index contributed by atoms with van der Waals surface area (Å²) in [5.74, 6) is -0.931. The van der Waals surface area contributed by atoms with Crippen molar-refractivity contribution in [2.75, 3.05) is 19.9 Å². The number of hydrogen-bond acceptors (Lipinski definition) is 8. The van der Waals surface area contributed by atoms with Gasteiger partial charge in [0.1, 0.15) is 24.4 Å². The molecule has 0 unspecified atom stereocenters. The van der Waals surface area contributed by atoms with Crippen molar-refractivity contribution in [2.45, 2.75) is 30.6 Å². The highest BCUT2D eigenvalue weighted by atomic mass is 32.2. The standard InChI is InChI=1S/C22H26N2O8S/c1-30-19-17(24-21(26)15-11-7-4-8-12-15)22(27)31-16(18(19)32-33(2,28)29)13-23-20(25)14-9-5-3-6-10-14/h3-12,16-19,22,27H,13H2,1-2H3,(H,23,25)(H,24,26)/t16-,17-,18-,19-,22-/m0/s1. The smallest absolute Gasteiger partial charge is 0.264 e. The summed E-state index contributed by atoms with van der Waals surface area (Å²) in [7, 11) is -2.68. The average Bonchev–Trinajstić information content (AvgIpc) is 2.80. The predicted molar refractivity (Wildman–Crippen MR) is 118 cm³/mol. The molecule has 1 aliphatic heterocycles. The van der Waals surface area contributed by atoms with Gasteiger partial charge in [-0.15, -0.1) is 0 Å². The Kier molecular flexibility index (Phi) is 8.16. The first-order chi connectivity index (χ1) is 15.7. The first-order valence-corrected chi connectivity index (χ1v) is 11.9. The third-order valence-corrected chi connectivity index (χ3v) is 5.63. The van der Waals surface area contributed by atoms with E-state index in [4.69, 9.17) is 13.7 Å². The van der Waals surface area contributed by atoms with E-state index in [1.807, 2.05) is 0 Å². The summed E-state index contributed by atoms with van der Waals surface area (Å²) in [5, 5.41) is 15.9. The molecule has 3 N–H and O–H groups in total. The van der Waals surface area contributed by atoms with Crippen LogP contribution in [0.3, 0.4) is 0 Å². The monoisotopic (exact) mass is 478 g/mol. The number of ether oxygens (including phenoxy) is 2. The van der Waals surface area contributed by atoms with Gasteiger partial charge in [-0.05, 0) is 24.3 Å². The molecule has 5 atom stereocenters. The Morgan fingerprint density at radius 3 is 2.03 bits per heavy atom. The zero-order valence-corrected chi connectivity index (χ0v) is 18.9. The molecule has 2 aromatic rings. The van der Waals surface area contributed by atoms with Crippen LogP contribution in [0.2, 0.25) is 0 Å². The maximum absolute atomic E-state index is 12.6. The van der Waals surface area contributed by atoms with E-state index in [2.05, 4.69) is 10.6 Å². The topological polar surface area (TPSA) is 140 Å². The lowest BCUT2D eigenvalue weighted by Crippen LogP contribution is -2.66. The number of benzene rings is 2. The summed E-state index contributed by atoms with van der Waals surface area (Å²) < 4.78 is 40.1. The van der Waals surface area contributed by atoms with Crippen LogP contribution in [-0.2, 0) is 23.8 Å². The van der Waals surface area contributed by atoms with Crippen molar-refractivity contribution in [3.8, 4) is 0 Å². The predicted octanol–water partition coefficient (Wildman–Crippen LogP) is 0.292. The van der Waals surface area contributed by atoms with Crippen LogP contribution in [0.25, 0.3) is 0 Å². The van der Waals surface area contributed by atoms with Gasteiger partial charge >= 0.3 is 0 Å². The van der Waals surface area contributed by atoms with Crippen LogP contribution >= 0.6 is 0 Å². The quantitative estimate of drug-likeness (QED) is 0.460. The molecule has 1 heterocycles. The lowest BCUT2D eigenvalue weighted by atomic mass is 9.96. The van der Waals surface area contributed by atoms with Crippen molar-refractivity contribution in [1.82, 2.24) is 10.6 Å². The van der Waals surface area contributed by atoms with Gasteiger partial charge in [0, 0.05) is 24.8 Å². The molecular formula is C22H26N2O8S. The van der Waals surface area contributed by atoms with Crippen LogP contribution in [0.5, 0.6) is 0 Å². The lowest BCUT2D eigenvalue weighted by molar-refractivity contribution is -0.242. The molecule has 1 fully saturated rings. The van der Waals surface area contributed by atoms with Crippen LogP contribution in [-0.4, -0.2) is 75.9 Å². The van der Waals surface area contributed by atoms with Gasteiger partial charge in [-0.2, -0.15) is 8.42 Å². The molecule has 2 amide bonds. The molecule has 0 bridgehead atoms. The maximum Gasteiger partial charge on any atom is 0.264 e. The zero-order chi connectivity index (χ0) is 24.0. The van der Waals surface area contributed by atoms with Gasteiger partial charge in [0.05, 0.1) is 6.26 Å². The van der Waals surface area contributed by atoms with Gasteiger partial charge in [0.2, 0.25) is 0 Å². The number of rotatable bonds is 8. The second-order valence-electron chi connectivity index (χ2n) is 7.47. The molecule has 0 spiro atoms. The van der Waals surface area contributed by atoms with E-state index >= 15 is 0 Å². The Morgan fingerprint density at radius 1 is 0.970 bits per heavy atom. The molecule has 33 heavy (non-hydrogen) atoms. The second kappa shape index (κ2) is 10.9. The number of amides is 2. The third kappa shape index (κ3) is 6.59. The lowest BCUT2D eigenvalue weighted by Gasteiger charge is -2.43. The first-order valence-electron chi connectivity index (χ1n) is 10.1. The van der Waals surface area contributed by atoms with E-state index in [9.17, 15) is 23.1 Å². The van der Waals surface area contributed by atoms with Crippen molar-refractivity contribution in [1.29, 1.82) is 0 Å². The fourth-order valence-corrected chi connectivity index (χ4v) is 4.18. The Labute approximate surface area is 192 Å². The van der Waals surface area contributed by atoms with Gasteiger partial charge < -0.3 is 25.2 Å². The van der Waals surface area contributed by atoms with Crippen LogP contribution in [0.15, 0.2) is 60.7 Å². The summed E-state index contributed by atoms with van der Waals surface area (Å²) in [5.41, 5.74) is 0.725. The minimum Gasteiger partial charge on any atom is -0.376 e. The molecule has 0 aromatic heterocycles. The summed E-state index contributed by atoms with van der Waals surface area (Å²) in [4.78, 5) is 25.0. The summed E-state index contributed by atoms with van der Waals surface area (Å²) in [6.07, 6.45) is -4.14. The summed E-state index contributed by atoms with van der Waals surface area (Å²) >= 11 is 0. The van der Waals surface area contributed by atoms with Crippen LogP contribution < -0.4 is 10.6 Å². The van der Waals surface area contributed by atoms with E-state index < -0.39 is 52.6 Å². The van der Waals surface area contributed by atoms with Crippen molar-refractivity contribution >= 4 is 21.9 Å². The molecule has 0 radical (unpaired) electrons. The van der Waals surface area contributed by atoms with Crippen LogP contribution in [0.4, 0.5) is 0 Å². The highest BCUT2D eigenvalue weighted by Gasteiger charge is 2.48. The van der Waals surface area contributed by atoms with Crippen molar-refractivity contribution in [3.05, 3.63) is 71.8 Å². The molecule has 3 rings (SSSR count). The minimum atomic E-state index is -3.98. The fourth-order valence-electron chi connectivity index (χ4n) is 3.55. The molecule has 1 aliphatic rings. The number of hydrogen-bond donors (Lipinski definition) is 3. The fraction of sp³-hybridized carbons (Fsp3) is 0.364. The second-order valence-corrected chi connectivity index (χ2v) is 9.07. The number of aliphatic hydroxyl groups is 1. The molecule has 2 aromatic carbocycles. The molecule has 10 nitrogen and oxygen atoms in total. The summed E-state index contributed by atoms with van der Waals surface area (Å²) in [6, 6.07) is 15.5. The van der Waals surface area contributed by atoms with E-state index in [1.165, 1.54) is 7.11 Å². The SMILES string of the molecule is CO[C@H]1[C@H](NC(=O)c2ccccc2)[C@@H](O)O[C@@H](CNC(=O)c2ccccc2)[C@@H]1OS(C)(=O)=O. The maximum atomic E-state index is 12.6. The number of carbonyl (C=O) groups is 2. The summed E-state index contributed by atoms with van der Waals surface area (Å²) in [6.45, 7) is -0.176. The normalized spacial score (nSPS) is 25.2. The van der Waals surface area contributed by atoms with E-state index in [1.54, 1.807) is 60.7 Å². The Morgan fingerprint density at radius 2 is 1.52 bits per heavy atom. The van der Waals surface area contributed by atoms with Gasteiger partial charge in [-0.25, -0.2) is 0 Å². The zero-order valence-electron chi connectivity index (χ0n) is 18.1. The molecular weight excluding hydrogens is 452 g/mol. The largest absolute Gasteiger partial charge is 0.376 e. The van der Waals surface area contributed by atoms with Crippen molar-refractivity contribution in [3.63, 3.8) is 0 Å². The number of aliphatic hydroxyl groups excluding tert-OH is 1. The Balaban J connectivity index is 1.79. The molecule has 0 aliphatic carbocycles. The third-order valence-electron chi connectivity index (χ3n) is 5.06. The van der Waals surface area contributed by atoms with Crippen molar-refractivity contribution < 1.29 is 36.8 Å². The van der Waals surface area contributed by atoms with Crippen molar-refractivity contribution in [2.24, 2.45) is 0 Å². The van der Waals surface area contributed by atoms with E-state index in [0.717, 1.165) is 6.26 Å². The van der Waals surface area contributed by atoms with Crippen LogP contribution in [0, 0.1) is 0 Å². The molecule has 178 valence electrons. The van der Waals surface area contributed by atoms with E-state index in [-0.39, 0.29) is 6.54 Å². The van der Waals surface area contributed by atoms with Gasteiger partial charge in [-0.3, -0.25) is 13.8 Å². The Bertz CT molecular complexity index is 1050. The highest BCUT2D eigenvalue weighted by Crippen LogP contribution is 2.26. The molecule has 1 saturated heterocycles. The number of nitrogens with one attached hydrogen (secondary N) is 2. The molecule has 0 saturated carbocycles. The first kappa shape index (κ1) is 24.8. The Hall–Kier alpha value is -2.83. The number of carbonyl (C=O) groups excluding carboxylic acids is 2. The van der Waals surface area contributed by atoms with Gasteiger partial charge in [0.15, 0.2) is 6.29 Å². The minimum absolute atomic E-state index is 0.176. The average molecular weight is 479 g/mol. The highest BCUT2D eigenvalue weighted by molar-refractivity contribution is 7.86.